The first kappa shape index (κ1) is 22.4. The van der Waals surface area contributed by atoms with Gasteiger partial charge >= 0.3 is 0 Å². The number of nitrogens with zero attached hydrogens (tertiary/aromatic N) is 2. The molecular formula is C28H27FN2O3. The Balaban J connectivity index is 1.33. The van der Waals surface area contributed by atoms with Gasteiger partial charge in [0.25, 0.3) is 0 Å². The standard InChI is InChI=1S/C28H27FN2O3/c1-31(18-21-4-2-5-26-27(21)33-15-14-32-26)13-3-12-28(23-7-9-24(29)10-8-23)25-11-6-20(17-30)16-22(25)19-34-28/h2,4-11,16H,3,12-15,18-19H2,1H3. The van der Waals surface area contributed by atoms with E-state index in [0.29, 0.717) is 25.4 Å². The van der Waals surface area contributed by atoms with E-state index in [1.165, 1.54) is 12.1 Å². The first-order valence-corrected chi connectivity index (χ1v) is 11.6. The molecular weight excluding hydrogens is 431 g/mol. The Morgan fingerprint density at radius 1 is 1.06 bits per heavy atom. The predicted octanol–water partition coefficient (Wildman–Crippen LogP) is 5.15. The van der Waals surface area contributed by atoms with Crippen LogP contribution >= 0.6 is 0 Å². The average Bonchev–Trinajstić information content (AvgIpc) is 3.23. The molecule has 3 aromatic carbocycles. The van der Waals surface area contributed by atoms with Crippen LogP contribution in [-0.2, 0) is 23.5 Å². The number of hydrogen-bond donors (Lipinski definition) is 0. The summed E-state index contributed by atoms with van der Waals surface area (Å²) in [5.74, 6) is 1.37. The van der Waals surface area contributed by atoms with Crippen molar-refractivity contribution in [3.8, 4) is 17.6 Å². The molecule has 0 spiro atoms. The number of halogens is 1. The van der Waals surface area contributed by atoms with Crippen LogP contribution in [0, 0.1) is 17.1 Å². The minimum absolute atomic E-state index is 0.269. The van der Waals surface area contributed by atoms with Crippen molar-refractivity contribution < 1.29 is 18.6 Å². The van der Waals surface area contributed by atoms with Crippen molar-refractivity contribution in [3.05, 3.63) is 94.3 Å². The smallest absolute Gasteiger partial charge is 0.165 e. The van der Waals surface area contributed by atoms with E-state index in [0.717, 1.165) is 59.7 Å². The van der Waals surface area contributed by atoms with Crippen LogP contribution in [0.25, 0.3) is 0 Å². The van der Waals surface area contributed by atoms with E-state index in [2.05, 4.69) is 24.1 Å². The van der Waals surface area contributed by atoms with Gasteiger partial charge in [-0.15, -0.1) is 0 Å². The molecule has 2 aliphatic heterocycles. The van der Waals surface area contributed by atoms with Crippen LogP contribution in [0.2, 0.25) is 0 Å². The Hall–Kier alpha value is -3.40. The maximum Gasteiger partial charge on any atom is 0.165 e. The van der Waals surface area contributed by atoms with Crippen LogP contribution in [0.1, 0.15) is 40.7 Å². The van der Waals surface area contributed by atoms with Crippen molar-refractivity contribution in [1.82, 2.24) is 4.90 Å². The summed E-state index contributed by atoms with van der Waals surface area (Å²) in [5.41, 5.74) is 4.09. The van der Waals surface area contributed by atoms with E-state index in [4.69, 9.17) is 14.2 Å². The Labute approximate surface area is 199 Å². The van der Waals surface area contributed by atoms with Gasteiger partial charge in [0.05, 0.1) is 18.2 Å². The molecule has 0 bridgehead atoms. The topological polar surface area (TPSA) is 54.7 Å². The zero-order valence-electron chi connectivity index (χ0n) is 19.2. The van der Waals surface area contributed by atoms with Gasteiger partial charge in [-0.1, -0.05) is 30.3 Å². The van der Waals surface area contributed by atoms with Gasteiger partial charge in [0.2, 0.25) is 0 Å². The monoisotopic (exact) mass is 458 g/mol. The van der Waals surface area contributed by atoms with Crippen molar-refractivity contribution >= 4 is 0 Å². The van der Waals surface area contributed by atoms with Crippen LogP contribution in [-0.4, -0.2) is 31.7 Å². The van der Waals surface area contributed by atoms with E-state index < -0.39 is 5.60 Å². The van der Waals surface area contributed by atoms with Crippen molar-refractivity contribution in [1.29, 1.82) is 5.26 Å². The Morgan fingerprint density at radius 2 is 1.88 bits per heavy atom. The lowest BCUT2D eigenvalue weighted by Crippen LogP contribution is -2.29. The van der Waals surface area contributed by atoms with Crippen molar-refractivity contribution in [2.45, 2.75) is 31.6 Å². The maximum atomic E-state index is 13.7. The highest BCUT2D eigenvalue weighted by Crippen LogP contribution is 2.45. The minimum atomic E-state index is -0.652. The molecule has 0 aliphatic carbocycles. The number of nitriles is 1. The summed E-state index contributed by atoms with van der Waals surface area (Å²) in [6.07, 6.45) is 1.62. The molecule has 34 heavy (non-hydrogen) atoms. The third-order valence-electron chi connectivity index (χ3n) is 6.61. The molecule has 0 radical (unpaired) electrons. The number of ether oxygens (including phenoxy) is 3. The van der Waals surface area contributed by atoms with Crippen LogP contribution in [0.4, 0.5) is 4.39 Å². The minimum Gasteiger partial charge on any atom is -0.486 e. The molecule has 174 valence electrons. The van der Waals surface area contributed by atoms with E-state index in [1.54, 1.807) is 12.1 Å². The summed E-state index contributed by atoms with van der Waals surface area (Å²) in [4.78, 5) is 2.26. The summed E-state index contributed by atoms with van der Waals surface area (Å²) in [6.45, 7) is 3.18. The third-order valence-corrected chi connectivity index (χ3v) is 6.61. The number of fused-ring (bicyclic) bond motifs is 2. The molecule has 0 saturated heterocycles. The predicted molar refractivity (Wildman–Crippen MR) is 126 cm³/mol. The Kier molecular flexibility index (Phi) is 6.23. The molecule has 0 fully saturated rings. The molecule has 1 unspecified atom stereocenters. The van der Waals surface area contributed by atoms with Gasteiger partial charge in [-0.3, -0.25) is 0 Å². The zero-order valence-corrected chi connectivity index (χ0v) is 19.2. The second-order valence-corrected chi connectivity index (χ2v) is 8.89. The molecule has 5 nitrogen and oxygen atoms in total. The molecule has 3 aromatic rings. The molecule has 2 aliphatic rings. The van der Waals surface area contributed by atoms with E-state index >= 15 is 0 Å². The van der Waals surface area contributed by atoms with Gasteiger partial charge in [0.1, 0.15) is 24.6 Å². The molecule has 5 rings (SSSR count). The number of benzene rings is 3. The summed E-state index contributed by atoms with van der Waals surface area (Å²) < 4.78 is 31.7. The Morgan fingerprint density at radius 3 is 2.71 bits per heavy atom. The first-order chi connectivity index (χ1) is 16.6. The van der Waals surface area contributed by atoms with Gasteiger partial charge in [0, 0.05) is 12.1 Å². The van der Waals surface area contributed by atoms with Gasteiger partial charge < -0.3 is 19.1 Å². The lowest BCUT2D eigenvalue weighted by molar-refractivity contribution is -0.0143. The quantitative estimate of drug-likeness (QED) is 0.490. The average molecular weight is 459 g/mol. The summed E-state index contributed by atoms with van der Waals surface area (Å²) in [6, 6.07) is 20.5. The molecule has 0 saturated carbocycles. The molecule has 2 heterocycles. The van der Waals surface area contributed by atoms with E-state index in [9.17, 15) is 9.65 Å². The zero-order chi connectivity index (χ0) is 23.5. The molecule has 0 aromatic heterocycles. The SMILES string of the molecule is CN(CCCC1(c2ccc(F)cc2)OCc2cc(C#N)ccc21)Cc1cccc2c1OCCO2. The number of rotatable bonds is 7. The second-order valence-electron chi connectivity index (χ2n) is 8.89. The summed E-state index contributed by atoms with van der Waals surface area (Å²) in [7, 11) is 2.09. The van der Waals surface area contributed by atoms with Gasteiger partial charge in [-0.25, -0.2) is 4.39 Å². The second kappa shape index (κ2) is 9.46. The fraction of sp³-hybridized carbons (Fsp3) is 0.321. The van der Waals surface area contributed by atoms with Crippen LogP contribution in [0.15, 0.2) is 60.7 Å². The summed E-state index contributed by atoms with van der Waals surface area (Å²) in [5, 5.41) is 9.29. The lowest BCUT2D eigenvalue weighted by atomic mass is 9.81. The first-order valence-electron chi connectivity index (χ1n) is 11.6. The fourth-order valence-electron chi connectivity index (χ4n) is 4.99. The van der Waals surface area contributed by atoms with Crippen LogP contribution in [0.5, 0.6) is 11.5 Å². The van der Waals surface area contributed by atoms with Gasteiger partial charge in [0.15, 0.2) is 11.5 Å². The van der Waals surface area contributed by atoms with Crippen molar-refractivity contribution in [3.63, 3.8) is 0 Å². The highest BCUT2D eigenvalue weighted by Gasteiger charge is 2.41. The van der Waals surface area contributed by atoms with Crippen molar-refractivity contribution in [2.24, 2.45) is 0 Å². The Bertz CT molecular complexity index is 1220. The number of para-hydroxylation sites is 1. The lowest BCUT2D eigenvalue weighted by Gasteiger charge is -2.31. The highest BCUT2D eigenvalue weighted by molar-refractivity contribution is 5.48. The maximum absolute atomic E-state index is 13.7. The summed E-state index contributed by atoms with van der Waals surface area (Å²) >= 11 is 0. The molecule has 0 N–H and O–H groups in total. The third kappa shape index (κ3) is 4.25. The van der Waals surface area contributed by atoms with E-state index in [-0.39, 0.29) is 5.82 Å². The van der Waals surface area contributed by atoms with Gasteiger partial charge in [-0.05, 0) is 73.5 Å². The van der Waals surface area contributed by atoms with E-state index in [1.807, 2.05) is 30.3 Å². The highest BCUT2D eigenvalue weighted by atomic mass is 19.1. The molecule has 0 amide bonds. The van der Waals surface area contributed by atoms with Gasteiger partial charge in [-0.2, -0.15) is 5.26 Å². The molecule has 1 atom stereocenters. The molecule has 6 heteroatoms. The van der Waals surface area contributed by atoms with Crippen LogP contribution < -0.4 is 9.47 Å². The normalized spacial score (nSPS) is 18.5. The van der Waals surface area contributed by atoms with Crippen molar-refractivity contribution in [2.75, 3.05) is 26.8 Å². The van der Waals surface area contributed by atoms with Crippen LogP contribution in [0.3, 0.4) is 0 Å². The largest absolute Gasteiger partial charge is 0.486 e. The number of hydrogen-bond acceptors (Lipinski definition) is 5. The fourth-order valence-corrected chi connectivity index (χ4v) is 4.99.